The van der Waals surface area contributed by atoms with E-state index < -0.39 is 0 Å². The van der Waals surface area contributed by atoms with Crippen LogP contribution in [-0.4, -0.2) is 15.8 Å². The summed E-state index contributed by atoms with van der Waals surface area (Å²) in [5.41, 5.74) is 3.94. The number of carbonyl (C=O) groups is 1. The van der Waals surface area contributed by atoms with Crippen molar-refractivity contribution in [3.8, 4) is 11.3 Å². The SMILES string of the molecule is O=C1CCc2[nH]c(-c3cccnc3)cc21. The lowest BCUT2D eigenvalue weighted by Gasteiger charge is -1.96. The molecule has 2 heterocycles. The Balaban J connectivity index is 2.09. The maximum atomic E-state index is 11.5. The molecule has 0 spiro atoms. The van der Waals surface area contributed by atoms with E-state index in [0.717, 1.165) is 28.9 Å². The molecule has 3 heteroatoms. The third-order valence-electron chi connectivity index (χ3n) is 2.77. The Hall–Kier alpha value is -1.90. The summed E-state index contributed by atoms with van der Waals surface area (Å²) >= 11 is 0. The monoisotopic (exact) mass is 198 g/mol. The van der Waals surface area contributed by atoms with Gasteiger partial charge in [-0.3, -0.25) is 9.78 Å². The number of aromatic nitrogens is 2. The molecule has 0 unspecified atom stereocenters. The van der Waals surface area contributed by atoms with Crippen LogP contribution in [0.5, 0.6) is 0 Å². The number of fused-ring (bicyclic) bond motifs is 1. The Labute approximate surface area is 87.2 Å². The first-order valence-electron chi connectivity index (χ1n) is 5.00. The van der Waals surface area contributed by atoms with E-state index in [1.165, 1.54) is 0 Å². The van der Waals surface area contributed by atoms with Gasteiger partial charge in [-0.1, -0.05) is 0 Å². The Morgan fingerprint density at radius 2 is 2.27 bits per heavy atom. The Kier molecular flexibility index (Phi) is 1.71. The highest BCUT2D eigenvalue weighted by Crippen LogP contribution is 2.27. The maximum absolute atomic E-state index is 11.5. The van der Waals surface area contributed by atoms with E-state index in [2.05, 4.69) is 9.97 Å². The van der Waals surface area contributed by atoms with E-state index >= 15 is 0 Å². The van der Waals surface area contributed by atoms with Crippen molar-refractivity contribution in [1.29, 1.82) is 0 Å². The average Bonchev–Trinajstić information content (AvgIpc) is 2.83. The summed E-state index contributed by atoms with van der Waals surface area (Å²) in [6.07, 6.45) is 5.03. The molecule has 0 amide bonds. The molecule has 0 fully saturated rings. The van der Waals surface area contributed by atoms with Gasteiger partial charge in [0.1, 0.15) is 0 Å². The molecule has 0 aliphatic heterocycles. The molecule has 0 bridgehead atoms. The minimum atomic E-state index is 0.247. The summed E-state index contributed by atoms with van der Waals surface area (Å²) < 4.78 is 0. The van der Waals surface area contributed by atoms with Crippen molar-refractivity contribution >= 4 is 5.78 Å². The second-order valence-corrected chi connectivity index (χ2v) is 3.74. The number of pyridine rings is 1. The molecule has 3 rings (SSSR count). The Bertz CT molecular complexity index is 514. The summed E-state index contributed by atoms with van der Waals surface area (Å²) in [7, 11) is 0. The molecular formula is C12H10N2O. The van der Waals surface area contributed by atoms with Crippen molar-refractivity contribution in [2.45, 2.75) is 12.8 Å². The van der Waals surface area contributed by atoms with E-state index in [4.69, 9.17) is 0 Å². The fraction of sp³-hybridized carbons (Fsp3) is 0.167. The largest absolute Gasteiger partial charge is 0.358 e. The lowest BCUT2D eigenvalue weighted by molar-refractivity contribution is 0.0994. The lowest BCUT2D eigenvalue weighted by atomic mass is 10.2. The van der Waals surface area contributed by atoms with Gasteiger partial charge in [-0.25, -0.2) is 0 Å². The minimum absolute atomic E-state index is 0.247. The van der Waals surface area contributed by atoms with Crippen molar-refractivity contribution in [1.82, 2.24) is 9.97 Å². The molecule has 0 saturated carbocycles. The highest BCUT2D eigenvalue weighted by molar-refractivity contribution is 6.01. The molecule has 15 heavy (non-hydrogen) atoms. The van der Waals surface area contributed by atoms with Crippen molar-refractivity contribution in [2.75, 3.05) is 0 Å². The molecule has 0 aromatic carbocycles. The van der Waals surface area contributed by atoms with E-state index in [1.54, 1.807) is 12.4 Å². The van der Waals surface area contributed by atoms with Crippen LogP contribution in [0.4, 0.5) is 0 Å². The van der Waals surface area contributed by atoms with Crippen molar-refractivity contribution in [3.05, 3.63) is 41.9 Å². The summed E-state index contributed by atoms with van der Waals surface area (Å²) in [4.78, 5) is 18.8. The predicted molar refractivity (Wildman–Crippen MR) is 56.7 cm³/mol. The van der Waals surface area contributed by atoms with Gasteiger partial charge in [-0.05, 0) is 24.6 Å². The molecular weight excluding hydrogens is 188 g/mol. The summed E-state index contributed by atoms with van der Waals surface area (Å²) in [6, 6.07) is 5.81. The quantitative estimate of drug-likeness (QED) is 0.763. The molecule has 0 saturated heterocycles. The molecule has 1 aliphatic carbocycles. The van der Waals surface area contributed by atoms with Crippen LogP contribution in [0.3, 0.4) is 0 Å². The first-order valence-corrected chi connectivity index (χ1v) is 5.00. The first-order chi connectivity index (χ1) is 7.34. The molecule has 1 aliphatic rings. The highest BCUT2D eigenvalue weighted by atomic mass is 16.1. The van der Waals surface area contributed by atoms with Crippen LogP contribution < -0.4 is 0 Å². The van der Waals surface area contributed by atoms with Crippen molar-refractivity contribution in [3.63, 3.8) is 0 Å². The summed E-state index contributed by atoms with van der Waals surface area (Å²) in [6.45, 7) is 0. The number of nitrogens with zero attached hydrogens (tertiary/aromatic N) is 1. The number of rotatable bonds is 1. The van der Waals surface area contributed by atoms with Gasteiger partial charge < -0.3 is 4.98 Å². The zero-order valence-electron chi connectivity index (χ0n) is 8.16. The normalized spacial score (nSPS) is 14.3. The number of aromatic amines is 1. The van der Waals surface area contributed by atoms with E-state index in [9.17, 15) is 4.79 Å². The molecule has 0 radical (unpaired) electrons. The number of hydrogen-bond acceptors (Lipinski definition) is 2. The van der Waals surface area contributed by atoms with Crippen LogP contribution in [-0.2, 0) is 6.42 Å². The third kappa shape index (κ3) is 1.28. The van der Waals surface area contributed by atoms with Crippen molar-refractivity contribution in [2.24, 2.45) is 0 Å². The van der Waals surface area contributed by atoms with Crippen LogP contribution in [0.25, 0.3) is 11.3 Å². The van der Waals surface area contributed by atoms with E-state index in [0.29, 0.717) is 6.42 Å². The minimum Gasteiger partial charge on any atom is -0.358 e. The predicted octanol–water partition coefficient (Wildman–Crippen LogP) is 2.21. The number of hydrogen-bond donors (Lipinski definition) is 1. The Morgan fingerprint density at radius 1 is 1.33 bits per heavy atom. The van der Waals surface area contributed by atoms with Gasteiger partial charge in [0.25, 0.3) is 0 Å². The van der Waals surface area contributed by atoms with Crippen LogP contribution in [0.2, 0.25) is 0 Å². The fourth-order valence-corrected chi connectivity index (χ4v) is 1.99. The smallest absolute Gasteiger partial charge is 0.165 e. The van der Waals surface area contributed by atoms with Crippen LogP contribution in [0.15, 0.2) is 30.6 Å². The number of H-pyrrole nitrogens is 1. The van der Waals surface area contributed by atoms with Gasteiger partial charge in [0.15, 0.2) is 5.78 Å². The van der Waals surface area contributed by atoms with Gasteiger partial charge >= 0.3 is 0 Å². The van der Waals surface area contributed by atoms with Gasteiger partial charge in [-0.15, -0.1) is 0 Å². The second kappa shape index (κ2) is 3.05. The molecule has 1 N–H and O–H groups in total. The lowest BCUT2D eigenvalue weighted by Crippen LogP contribution is -1.88. The molecule has 0 atom stereocenters. The third-order valence-corrected chi connectivity index (χ3v) is 2.77. The first kappa shape index (κ1) is 8.41. The highest BCUT2D eigenvalue weighted by Gasteiger charge is 2.22. The van der Waals surface area contributed by atoms with Crippen LogP contribution in [0.1, 0.15) is 22.5 Å². The van der Waals surface area contributed by atoms with Crippen LogP contribution >= 0.6 is 0 Å². The number of nitrogens with one attached hydrogen (secondary N) is 1. The van der Waals surface area contributed by atoms with Gasteiger partial charge in [0.05, 0.1) is 0 Å². The topological polar surface area (TPSA) is 45.8 Å². The average molecular weight is 198 g/mol. The van der Waals surface area contributed by atoms with Gasteiger partial charge in [-0.2, -0.15) is 0 Å². The Morgan fingerprint density at radius 3 is 3.00 bits per heavy atom. The van der Waals surface area contributed by atoms with Crippen molar-refractivity contribution < 1.29 is 4.79 Å². The van der Waals surface area contributed by atoms with Gasteiger partial charge in [0, 0.05) is 41.3 Å². The van der Waals surface area contributed by atoms with Crippen LogP contribution in [0, 0.1) is 0 Å². The number of ketones is 1. The number of Topliss-reactive ketones (excluding diaryl/α,β-unsaturated/α-hetero) is 1. The molecule has 2 aromatic rings. The fourth-order valence-electron chi connectivity index (χ4n) is 1.99. The zero-order valence-corrected chi connectivity index (χ0v) is 8.16. The number of aryl methyl sites for hydroxylation is 1. The van der Waals surface area contributed by atoms with Gasteiger partial charge in [0.2, 0.25) is 0 Å². The second-order valence-electron chi connectivity index (χ2n) is 3.74. The summed E-state index contributed by atoms with van der Waals surface area (Å²) in [5.74, 6) is 0.247. The zero-order chi connectivity index (χ0) is 10.3. The van der Waals surface area contributed by atoms with E-state index in [1.807, 2.05) is 18.2 Å². The standard InChI is InChI=1S/C12H10N2O/c15-12-4-3-10-9(12)6-11(14-10)8-2-1-5-13-7-8/h1-2,5-7,14H,3-4H2. The molecule has 2 aromatic heterocycles. The molecule has 3 nitrogen and oxygen atoms in total. The summed E-state index contributed by atoms with van der Waals surface area (Å²) in [5, 5.41) is 0. The maximum Gasteiger partial charge on any atom is 0.165 e. The molecule has 74 valence electrons. The van der Waals surface area contributed by atoms with E-state index in [-0.39, 0.29) is 5.78 Å². The number of carbonyl (C=O) groups excluding carboxylic acids is 1.